The van der Waals surface area contributed by atoms with Crippen LogP contribution in [0.15, 0.2) is 0 Å². The molecule has 4 heteroatoms. The first-order valence-electron chi connectivity index (χ1n) is 3.56. The third-order valence-corrected chi connectivity index (χ3v) is 1.46. The molecule has 1 aromatic heterocycles. The van der Waals surface area contributed by atoms with E-state index in [2.05, 4.69) is 22.4 Å². The van der Waals surface area contributed by atoms with Gasteiger partial charge in [0.1, 0.15) is 0 Å². The average Bonchev–Trinajstić information content (AvgIpc) is 2.31. The molecule has 56 valence electrons. The van der Waals surface area contributed by atoms with Crippen LogP contribution in [0.25, 0.3) is 0 Å². The van der Waals surface area contributed by atoms with Crippen LogP contribution in [0, 0.1) is 0 Å². The number of nitrogens with zero attached hydrogens (tertiary/aromatic N) is 4. The Balaban J connectivity index is 2.49. The molecule has 10 heavy (non-hydrogen) atoms. The van der Waals surface area contributed by atoms with Gasteiger partial charge in [0.2, 0.25) is 0 Å². The molecule has 0 spiro atoms. The molecule has 0 aliphatic carbocycles. The Hall–Kier alpha value is -0.930. The van der Waals surface area contributed by atoms with Gasteiger partial charge in [0.15, 0.2) is 5.82 Å². The Kier molecular flexibility index (Phi) is 2.36. The summed E-state index contributed by atoms with van der Waals surface area (Å²) < 4.78 is 1.72. The van der Waals surface area contributed by atoms with E-state index in [0.717, 1.165) is 18.7 Å². The second-order valence-corrected chi connectivity index (χ2v) is 2.32. The van der Waals surface area contributed by atoms with Crippen LogP contribution in [0.5, 0.6) is 0 Å². The van der Waals surface area contributed by atoms with E-state index >= 15 is 0 Å². The SMILES string of the molecule is CCCCc1nnnn1C. The van der Waals surface area contributed by atoms with E-state index in [1.807, 2.05) is 7.05 Å². The maximum Gasteiger partial charge on any atom is 0.150 e. The maximum absolute atomic E-state index is 3.86. The highest BCUT2D eigenvalue weighted by atomic mass is 15.5. The summed E-state index contributed by atoms with van der Waals surface area (Å²) in [5.74, 6) is 0.974. The molecular formula is C6H12N4. The van der Waals surface area contributed by atoms with E-state index in [0.29, 0.717) is 0 Å². The highest BCUT2D eigenvalue weighted by Gasteiger charge is 1.98. The standard InChI is InChI=1S/C6H12N4/c1-3-4-5-6-7-8-9-10(6)2/h3-5H2,1-2H3. The molecule has 0 fully saturated rings. The van der Waals surface area contributed by atoms with Crippen molar-refractivity contribution < 1.29 is 0 Å². The summed E-state index contributed by atoms with van der Waals surface area (Å²) in [5.41, 5.74) is 0. The van der Waals surface area contributed by atoms with Gasteiger partial charge < -0.3 is 0 Å². The zero-order valence-corrected chi connectivity index (χ0v) is 6.41. The van der Waals surface area contributed by atoms with Crippen molar-refractivity contribution in [2.75, 3.05) is 0 Å². The van der Waals surface area contributed by atoms with Gasteiger partial charge in [-0.25, -0.2) is 4.68 Å². The third kappa shape index (κ3) is 1.52. The molecule has 0 saturated heterocycles. The van der Waals surface area contributed by atoms with Crippen LogP contribution in [0.1, 0.15) is 25.6 Å². The minimum Gasteiger partial charge on any atom is -0.233 e. The van der Waals surface area contributed by atoms with Crippen LogP contribution < -0.4 is 0 Å². The molecule has 0 radical (unpaired) electrons. The minimum atomic E-state index is 0.974. The fourth-order valence-electron chi connectivity index (χ4n) is 0.795. The first-order valence-corrected chi connectivity index (χ1v) is 3.56. The van der Waals surface area contributed by atoms with Crippen LogP contribution in [0.4, 0.5) is 0 Å². The first-order chi connectivity index (χ1) is 4.84. The summed E-state index contributed by atoms with van der Waals surface area (Å²) in [5, 5.41) is 11.1. The summed E-state index contributed by atoms with van der Waals surface area (Å²) >= 11 is 0. The maximum atomic E-state index is 3.86. The normalized spacial score (nSPS) is 10.2. The van der Waals surface area contributed by atoms with Crippen molar-refractivity contribution in [3.05, 3.63) is 5.82 Å². The Morgan fingerprint density at radius 2 is 2.30 bits per heavy atom. The van der Waals surface area contributed by atoms with Crippen molar-refractivity contribution in [3.8, 4) is 0 Å². The fraction of sp³-hybridized carbons (Fsp3) is 0.833. The molecular weight excluding hydrogens is 128 g/mol. The second-order valence-electron chi connectivity index (χ2n) is 2.32. The van der Waals surface area contributed by atoms with Gasteiger partial charge in [0.25, 0.3) is 0 Å². The van der Waals surface area contributed by atoms with Gasteiger partial charge in [-0.05, 0) is 16.8 Å². The Labute approximate surface area is 60.2 Å². The molecule has 0 N–H and O–H groups in total. The molecule has 0 amide bonds. The second kappa shape index (κ2) is 3.29. The summed E-state index contributed by atoms with van der Waals surface area (Å²) in [4.78, 5) is 0. The van der Waals surface area contributed by atoms with Crippen molar-refractivity contribution in [2.24, 2.45) is 7.05 Å². The summed E-state index contributed by atoms with van der Waals surface area (Å²) in [6.45, 7) is 2.16. The number of unbranched alkanes of at least 4 members (excludes halogenated alkanes) is 1. The van der Waals surface area contributed by atoms with Gasteiger partial charge in [-0.15, -0.1) is 5.10 Å². The molecule has 1 rings (SSSR count). The summed E-state index contributed by atoms with van der Waals surface area (Å²) in [7, 11) is 1.87. The van der Waals surface area contributed by atoms with Gasteiger partial charge in [-0.3, -0.25) is 0 Å². The van der Waals surface area contributed by atoms with Crippen molar-refractivity contribution >= 4 is 0 Å². The highest BCUT2D eigenvalue weighted by molar-refractivity contribution is 4.78. The van der Waals surface area contributed by atoms with Crippen LogP contribution in [0.3, 0.4) is 0 Å². The quantitative estimate of drug-likeness (QED) is 0.616. The molecule has 0 aliphatic rings. The number of aromatic nitrogens is 4. The Morgan fingerprint density at radius 3 is 2.80 bits per heavy atom. The van der Waals surface area contributed by atoms with E-state index in [4.69, 9.17) is 0 Å². The lowest BCUT2D eigenvalue weighted by Gasteiger charge is -1.94. The van der Waals surface area contributed by atoms with Gasteiger partial charge in [0.05, 0.1) is 0 Å². The summed E-state index contributed by atoms with van der Waals surface area (Å²) in [6.07, 6.45) is 3.33. The number of hydrogen-bond acceptors (Lipinski definition) is 3. The topological polar surface area (TPSA) is 43.6 Å². The molecule has 0 aromatic carbocycles. The Bertz CT molecular complexity index is 193. The molecule has 0 bridgehead atoms. The molecule has 0 saturated carbocycles. The molecule has 0 aliphatic heterocycles. The minimum absolute atomic E-state index is 0.974. The van der Waals surface area contributed by atoms with E-state index in [9.17, 15) is 0 Å². The van der Waals surface area contributed by atoms with E-state index in [-0.39, 0.29) is 0 Å². The fourth-order valence-corrected chi connectivity index (χ4v) is 0.795. The number of hydrogen-bond donors (Lipinski definition) is 0. The predicted molar refractivity (Wildman–Crippen MR) is 37.4 cm³/mol. The van der Waals surface area contributed by atoms with E-state index in [1.54, 1.807) is 4.68 Å². The van der Waals surface area contributed by atoms with Gasteiger partial charge in [0, 0.05) is 13.5 Å². The number of aryl methyl sites for hydroxylation is 2. The average molecular weight is 140 g/mol. The van der Waals surface area contributed by atoms with Crippen molar-refractivity contribution in [1.82, 2.24) is 20.2 Å². The van der Waals surface area contributed by atoms with E-state index < -0.39 is 0 Å². The molecule has 4 nitrogen and oxygen atoms in total. The van der Waals surface area contributed by atoms with Crippen LogP contribution in [-0.2, 0) is 13.5 Å². The zero-order chi connectivity index (χ0) is 7.40. The zero-order valence-electron chi connectivity index (χ0n) is 6.41. The lowest BCUT2D eigenvalue weighted by atomic mass is 10.2. The van der Waals surface area contributed by atoms with Gasteiger partial charge in [-0.2, -0.15) is 0 Å². The molecule has 0 atom stereocenters. The molecule has 1 aromatic rings. The number of tetrazole rings is 1. The van der Waals surface area contributed by atoms with Gasteiger partial charge in [-0.1, -0.05) is 13.3 Å². The van der Waals surface area contributed by atoms with Crippen LogP contribution >= 0.6 is 0 Å². The lowest BCUT2D eigenvalue weighted by Crippen LogP contribution is -1.98. The van der Waals surface area contributed by atoms with Crippen molar-refractivity contribution in [3.63, 3.8) is 0 Å². The highest BCUT2D eigenvalue weighted by Crippen LogP contribution is 1.96. The Morgan fingerprint density at radius 1 is 1.50 bits per heavy atom. The monoisotopic (exact) mass is 140 g/mol. The molecule has 1 heterocycles. The van der Waals surface area contributed by atoms with Crippen molar-refractivity contribution in [1.29, 1.82) is 0 Å². The number of rotatable bonds is 3. The third-order valence-electron chi connectivity index (χ3n) is 1.46. The van der Waals surface area contributed by atoms with Crippen molar-refractivity contribution in [2.45, 2.75) is 26.2 Å². The predicted octanol–water partition coefficient (Wildman–Crippen LogP) is 0.553. The van der Waals surface area contributed by atoms with Gasteiger partial charge >= 0.3 is 0 Å². The summed E-state index contributed by atoms with van der Waals surface area (Å²) in [6, 6.07) is 0. The van der Waals surface area contributed by atoms with E-state index in [1.165, 1.54) is 6.42 Å². The lowest BCUT2D eigenvalue weighted by molar-refractivity contribution is 0.654. The first kappa shape index (κ1) is 7.18. The molecule has 0 unspecified atom stereocenters. The smallest absolute Gasteiger partial charge is 0.150 e. The largest absolute Gasteiger partial charge is 0.233 e. The van der Waals surface area contributed by atoms with Crippen LogP contribution in [-0.4, -0.2) is 20.2 Å². The van der Waals surface area contributed by atoms with Crippen LogP contribution in [0.2, 0.25) is 0 Å².